The Labute approximate surface area is 443 Å². The van der Waals surface area contributed by atoms with Crippen molar-refractivity contribution in [2.75, 3.05) is 4.90 Å². The zero-order valence-electron chi connectivity index (χ0n) is 41.1. The first-order valence-corrected chi connectivity index (χ1v) is 26.8. The zero-order chi connectivity index (χ0) is 49.9. The van der Waals surface area contributed by atoms with Gasteiger partial charge in [0.25, 0.3) is 0 Å². The van der Waals surface area contributed by atoms with Crippen molar-refractivity contribution in [1.82, 2.24) is 14.5 Å². The third-order valence-electron chi connectivity index (χ3n) is 16.1. The largest absolute Gasteiger partial charge is 0.310 e. The number of benzene rings is 11. The van der Waals surface area contributed by atoms with Crippen LogP contribution in [-0.4, -0.2) is 14.5 Å². The quantitative estimate of drug-likeness (QED) is 0.160. The molecule has 0 bridgehead atoms. The minimum absolute atomic E-state index is 0.484. The van der Waals surface area contributed by atoms with Crippen molar-refractivity contribution in [3.05, 3.63) is 289 Å². The van der Waals surface area contributed by atoms with Gasteiger partial charge < -0.3 is 9.47 Å². The van der Waals surface area contributed by atoms with E-state index in [0.29, 0.717) is 5.82 Å². The van der Waals surface area contributed by atoms with Crippen molar-refractivity contribution in [2.24, 2.45) is 0 Å². The van der Waals surface area contributed by atoms with Crippen molar-refractivity contribution in [1.29, 1.82) is 0 Å². The van der Waals surface area contributed by atoms with E-state index < -0.39 is 5.41 Å². The smallest absolute Gasteiger partial charge is 0.159 e. The number of nitrogens with zero attached hydrogens (tertiary/aromatic N) is 4. The molecule has 1 spiro atoms. The maximum atomic E-state index is 4.98. The Bertz CT molecular complexity index is 4560. The summed E-state index contributed by atoms with van der Waals surface area (Å²) in [6.45, 7) is 0. The highest BCUT2D eigenvalue weighted by Gasteiger charge is 2.51. The first-order chi connectivity index (χ1) is 37.7. The summed E-state index contributed by atoms with van der Waals surface area (Å²) in [4.78, 5) is 12.4. The van der Waals surface area contributed by atoms with E-state index in [9.17, 15) is 0 Å². The van der Waals surface area contributed by atoms with Gasteiger partial charge in [-0.25, -0.2) is 9.97 Å². The van der Waals surface area contributed by atoms with Gasteiger partial charge >= 0.3 is 0 Å². The monoisotopic (exact) mass is 984 g/mol. The second-order valence-electron chi connectivity index (χ2n) is 20.0. The Kier molecular flexibility index (Phi) is 9.39. The summed E-state index contributed by atoms with van der Waals surface area (Å²) < 4.78 is 4.85. The average molecular weight is 985 g/mol. The van der Waals surface area contributed by atoms with Gasteiger partial charge in [-0.05, 0) is 140 Å². The van der Waals surface area contributed by atoms with Gasteiger partial charge in [0.2, 0.25) is 0 Å². The molecule has 354 valence electrons. The fourth-order valence-corrected chi connectivity index (χ4v) is 14.2. The number of anilines is 3. The van der Waals surface area contributed by atoms with Crippen molar-refractivity contribution in [3.8, 4) is 61.6 Å². The Hall–Kier alpha value is -9.68. The lowest BCUT2D eigenvalue weighted by atomic mass is 9.70. The van der Waals surface area contributed by atoms with Crippen LogP contribution in [0.4, 0.5) is 17.1 Å². The molecule has 0 unspecified atom stereocenters. The third-order valence-corrected chi connectivity index (χ3v) is 17.3. The van der Waals surface area contributed by atoms with E-state index in [1.54, 1.807) is 0 Å². The summed E-state index contributed by atoms with van der Waals surface area (Å²) in [5.41, 5.74) is 22.3. The fraction of sp³-hybridized carbons (Fsp3) is 0.0141. The van der Waals surface area contributed by atoms with E-state index in [1.165, 1.54) is 86.9 Å². The molecule has 0 saturated carbocycles. The minimum Gasteiger partial charge on any atom is -0.310 e. The van der Waals surface area contributed by atoms with Crippen LogP contribution in [0.5, 0.6) is 0 Å². The molecule has 11 aromatic carbocycles. The average Bonchev–Trinajstić information content (AvgIpc) is 4.41. The van der Waals surface area contributed by atoms with E-state index in [1.807, 2.05) is 29.8 Å². The first-order valence-electron chi connectivity index (χ1n) is 26.0. The summed E-state index contributed by atoms with van der Waals surface area (Å²) >= 11 is 1.86. The van der Waals surface area contributed by atoms with Crippen molar-refractivity contribution in [2.45, 2.75) is 5.41 Å². The SMILES string of the molecule is c1ccc(-c2ccc(N(c3ccc4c(c3)C3(c5ccccc5-c5ccccc53)c3ccccc3-4)c3ccc4sc5c(c(-c6ncccn6)cc6c5c5ccc(-c7ccccc7)cc5n6-c5ccccc5)c4c3)cc2)cc1. The van der Waals surface area contributed by atoms with E-state index in [-0.39, 0.29) is 0 Å². The molecule has 0 aliphatic heterocycles. The molecule has 76 heavy (non-hydrogen) atoms. The molecule has 14 aromatic rings. The number of rotatable bonds is 7. The van der Waals surface area contributed by atoms with E-state index in [0.717, 1.165) is 50.1 Å². The van der Waals surface area contributed by atoms with E-state index in [4.69, 9.17) is 9.97 Å². The van der Waals surface area contributed by atoms with Crippen LogP contribution in [0.25, 0.3) is 104 Å². The third kappa shape index (κ3) is 6.18. The second-order valence-corrected chi connectivity index (χ2v) is 21.1. The number of hydrogen-bond acceptors (Lipinski definition) is 4. The molecular weight excluding hydrogens is 941 g/mol. The molecule has 5 heteroatoms. The van der Waals surface area contributed by atoms with E-state index >= 15 is 0 Å². The van der Waals surface area contributed by atoms with Crippen molar-refractivity contribution < 1.29 is 0 Å². The topological polar surface area (TPSA) is 34.0 Å². The second kappa shape index (κ2) is 16.7. The van der Waals surface area contributed by atoms with Crippen molar-refractivity contribution in [3.63, 3.8) is 0 Å². The van der Waals surface area contributed by atoms with Crippen LogP contribution in [0, 0.1) is 0 Å². The Morgan fingerprint density at radius 2 is 0.882 bits per heavy atom. The van der Waals surface area contributed by atoms with E-state index in [2.05, 4.69) is 258 Å². The Balaban J connectivity index is 0.962. The molecular formula is C71H44N4S. The summed E-state index contributed by atoms with van der Waals surface area (Å²) in [6.07, 6.45) is 3.72. The molecule has 0 radical (unpaired) electrons. The lowest BCUT2D eigenvalue weighted by molar-refractivity contribution is 0.793. The Morgan fingerprint density at radius 1 is 0.355 bits per heavy atom. The molecule has 3 heterocycles. The lowest BCUT2D eigenvalue weighted by Crippen LogP contribution is -2.26. The van der Waals surface area contributed by atoms with Gasteiger partial charge in [-0.1, -0.05) is 182 Å². The molecule has 0 saturated heterocycles. The van der Waals surface area contributed by atoms with Gasteiger partial charge in [0.1, 0.15) is 0 Å². The summed E-state index contributed by atoms with van der Waals surface area (Å²) in [6, 6.07) is 93.8. The molecule has 16 rings (SSSR count). The van der Waals surface area contributed by atoms with Gasteiger partial charge in [0, 0.05) is 71.7 Å². The number of fused-ring (bicyclic) bond motifs is 17. The fourth-order valence-electron chi connectivity index (χ4n) is 12.9. The molecule has 4 nitrogen and oxygen atoms in total. The molecule has 2 aliphatic rings. The Morgan fingerprint density at radius 3 is 1.54 bits per heavy atom. The van der Waals surface area contributed by atoms with Crippen LogP contribution in [0.3, 0.4) is 0 Å². The number of thiophene rings is 1. The number of aromatic nitrogens is 3. The highest BCUT2D eigenvalue weighted by atomic mass is 32.1. The number of hydrogen-bond donors (Lipinski definition) is 0. The minimum atomic E-state index is -0.484. The molecule has 0 fully saturated rings. The van der Waals surface area contributed by atoms with Crippen LogP contribution in [0.2, 0.25) is 0 Å². The predicted molar refractivity (Wildman–Crippen MR) is 317 cm³/mol. The molecule has 2 aliphatic carbocycles. The molecule has 3 aromatic heterocycles. The summed E-state index contributed by atoms with van der Waals surface area (Å²) in [5.74, 6) is 0.698. The molecule has 0 amide bonds. The van der Waals surface area contributed by atoms with Crippen molar-refractivity contribution >= 4 is 70.4 Å². The number of para-hydroxylation sites is 1. The first kappa shape index (κ1) is 42.8. The van der Waals surface area contributed by atoms with Gasteiger partial charge in [0.15, 0.2) is 5.82 Å². The van der Waals surface area contributed by atoms with Gasteiger partial charge in [-0.3, -0.25) is 0 Å². The van der Waals surface area contributed by atoms with Crippen LogP contribution < -0.4 is 4.90 Å². The van der Waals surface area contributed by atoms with Crippen LogP contribution >= 0.6 is 11.3 Å². The normalized spacial score (nSPS) is 12.8. The highest BCUT2D eigenvalue weighted by Crippen LogP contribution is 2.63. The van der Waals surface area contributed by atoms with Gasteiger partial charge in [-0.2, -0.15) is 0 Å². The van der Waals surface area contributed by atoms with Gasteiger partial charge in [-0.15, -0.1) is 11.3 Å². The summed E-state index contributed by atoms with van der Waals surface area (Å²) in [7, 11) is 0. The van der Waals surface area contributed by atoms with Crippen LogP contribution in [0.15, 0.2) is 267 Å². The maximum Gasteiger partial charge on any atom is 0.159 e. The van der Waals surface area contributed by atoms with Gasteiger partial charge in [0.05, 0.1) is 16.4 Å². The summed E-state index contributed by atoms with van der Waals surface area (Å²) in [5, 5.41) is 4.75. The highest BCUT2D eigenvalue weighted by molar-refractivity contribution is 7.27. The standard InChI is InChI=1S/C71H44N4S/c1-4-17-45(18-5-1)47-29-32-50(33-30-47)74(52-34-37-56-55-25-12-15-28-62(55)71(63(56)43-52)60-26-13-10-23-53(60)54-24-11-14-27-61(54)71)51-35-38-66-58(42-51)67-59(70-72-39-16-40-73-70)44-65-68(69(67)76-66)57-36-31-48(46-19-6-2-7-20-46)41-64(57)75(65)49-21-8-3-9-22-49/h1-44H. The van der Waals surface area contributed by atoms with Crippen LogP contribution in [0.1, 0.15) is 22.3 Å². The molecule has 0 atom stereocenters. The lowest BCUT2D eigenvalue weighted by Gasteiger charge is -2.32. The predicted octanol–water partition coefficient (Wildman–Crippen LogP) is 18.8. The maximum absolute atomic E-state index is 4.98. The molecule has 0 N–H and O–H groups in total. The van der Waals surface area contributed by atoms with Crippen LogP contribution in [-0.2, 0) is 5.41 Å². The zero-order valence-corrected chi connectivity index (χ0v) is 41.9.